The monoisotopic (exact) mass is 217 g/mol. The normalized spacial score (nSPS) is 38.1. The predicted molar refractivity (Wildman–Crippen MR) is 47.4 cm³/mol. The van der Waals surface area contributed by atoms with Crippen LogP contribution in [0.2, 0.25) is 4.31 Å². The van der Waals surface area contributed by atoms with E-state index in [1.807, 2.05) is 0 Å². The van der Waals surface area contributed by atoms with E-state index in [9.17, 15) is 0 Å². The van der Waals surface area contributed by atoms with Crippen molar-refractivity contribution >= 4 is 15.0 Å². The van der Waals surface area contributed by atoms with Crippen LogP contribution in [0.4, 0.5) is 0 Å². The van der Waals surface area contributed by atoms with Gasteiger partial charge in [0.15, 0.2) is 0 Å². The van der Waals surface area contributed by atoms with Crippen LogP contribution in [-0.4, -0.2) is 15.0 Å². The molecule has 0 bridgehead atoms. The topological polar surface area (TPSA) is 23.8 Å². The zero-order valence-corrected chi connectivity index (χ0v) is 8.97. The molecule has 1 aliphatic rings. The van der Waals surface area contributed by atoms with Crippen molar-refractivity contribution in [3.05, 3.63) is 0 Å². The molecule has 0 spiro atoms. The van der Waals surface area contributed by atoms with Crippen molar-refractivity contribution in [2.24, 2.45) is 5.92 Å². The van der Waals surface area contributed by atoms with Gasteiger partial charge in [0.1, 0.15) is 0 Å². The summed E-state index contributed by atoms with van der Waals surface area (Å²) in [5, 5.41) is 8.68. The molecule has 0 amide bonds. The number of hydrogen-bond acceptors (Lipinski definition) is 1. The van der Waals surface area contributed by atoms with E-state index in [2.05, 4.69) is 18.8 Å². The number of nitrogens with zero attached hydrogens (tertiary/aromatic N) is 1. The Labute approximate surface area is 75.3 Å². The van der Waals surface area contributed by atoms with E-state index in [1.165, 1.54) is 25.7 Å². The number of hydrogen-bond donors (Lipinski definition) is 0. The molecule has 0 aromatic carbocycles. The zero-order valence-electron chi connectivity index (χ0n) is 7.26. The predicted octanol–water partition coefficient (Wildman–Crippen LogP) is 2.56. The average Bonchev–Trinajstić information content (AvgIpc) is 1.96. The van der Waals surface area contributed by atoms with Crippen LogP contribution < -0.4 is 0 Å². The van der Waals surface area contributed by atoms with Crippen molar-refractivity contribution in [1.29, 1.82) is 5.26 Å². The second-order valence-corrected chi connectivity index (χ2v) is 6.42. The SMILES string of the molecule is CC1CCCCC1(C)[Se]C#N. The summed E-state index contributed by atoms with van der Waals surface area (Å²) < 4.78 is 0.389. The van der Waals surface area contributed by atoms with Crippen LogP contribution in [0.1, 0.15) is 39.5 Å². The first-order valence-electron chi connectivity index (χ1n) is 4.26. The molecule has 1 nitrogen and oxygen atoms in total. The third-order valence-electron chi connectivity index (χ3n) is 2.88. The molecule has 0 aromatic rings. The van der Waals surface area contributed by atoms with Gasteiger partial charge in [0.25, 0.3) is 0 Å². The summed E-state index contributed by atoms with van der Waals surface area (Å²) in [5.74, 6) is 0.774. The molecule has 0 aromatic heterocycles. The van der Waals surface area contributed by atoms with Gasteiger partial charge in [0.05, 0.1) is 0 Å². The van der Waals surface area contributed by atoms with E-state index in [0.717, 1.165) is 5.92 Å². The molecule has 0 N–H and O–H groups in total. The van der Waals surface area contributed by atoms with Crippen LogP contribution in [0, 0.1) is 16.1 Å². The molecule has 62 valence electrons. The fourth-order valence-corrected chi connectivity index (χ4v) is 3.36. The van der Waals surface area contributed by atoms with Gasteiger partial charge >= 0.3 is 74.9 Å². The zero-order chi connectivity index (χ0) is 8.32. The van der Waals surface area contributed by atoms with E-state index >= 15 is 0 Å². The molecule has 0 saturated heterocycles. The molecular weight excluding hydrogens is 201 g/mol. The van der Waals surface area contributed by atoms with E-state index < -0.39 is 0 Å². The van der Waals surface area contributed by atoms with Gasteiger partial charge in [-0.3, -0.25) is 0 Å². The van der Waals surface area contributed by atoms with Gasteiger partial charge in [0, 0.05) is 0 Å². The molecule has 2 unspecified atom stereocenters. The van der Waals surface area contributed by atoms with Crippen molar-refractivity contribution in [3.63, 3.8) is 0 Å². The Morgan fingerprint density at radius 3 is 2.82 bits per heavy atom. The molecule has 2 heteroatoms. The molecule has 11 heavy (non-hydrogen) atoms. The summed E-state index contributed by atoms with van der Waals surface area (Å²) in [5.41, 5.74) is 0. The molecule has 1 saturated carbocycles. The third-order valence-corrected chi connectivity index (χ3v) is 5.32. The molecule has 2 atom stereocenters. The quantitative estimate of drug-likeness (QED) is 0.618. The fraction of sp³-hybridized carbons (Fsp3) is 0.889. The van der Waals surface area contributed by atoms with E-state index in [-0.39, 0.29) is 15.0 Å². The number of nitriles is 1. The van der Waals surface area contributed by atoms with E-state index in [1.54, 1.807) is 0 Å². The van der Waals surface area contributed by atoms with Crippen molar-refractivity contribution < 1.29 is 0 Å². The van der Waals surface area contributed by atoms with Gasteiger partial charge < -0.3 is 0 Å². The van der Waals surface area contributed by atoms with Crippen molar-refractivity contribution in [3.8, 4) is 4.97 Å². The molecule has 1 fully saturated rings. The number of rotatable bonds is 1. The average molecular weight is 216 g/mol. The van der Waals surface area contributed by atoms with Crippen LogP contribution >= 0.6 is 0 Å². The Morgan fingerprint density at radius 1 is 1.55 bits per heavy atom. The first kappa shape index (κ1) is 9.10. The van der Waals surface area contributed by atoms with Gasteiger partial charge in [-0.1, -0.05) is 0 Å². The molecule has 1 aliphatic carbocycles. The minimum atomic E-state index is 0.201. The van der Waals surface area contributed by atoms with Crippen LogP contribution in [0.3, 0.4) is 0 Å². The Balaban J connectivity index is 2.58. The second kappa shape index (κ2) is 3.61. The summed E-state index contributed by atoms with van der Waals surface area (Å²) in [6, 6.07) is 0. The Hall–Kier alpha value is 0.00948. The second-order valence-electron chi connectivity index (χ2n) is 3.65. The molecular formula is C9H15NSe. The Kier molecular flexibility index (Phi) is 2.98. The summed E-state index contributed by atoms with van der Waals surface area (Å²) in [4.78, 5) is 2.37. The molecule has 0 radical (unpaired) electrons. The van der Waals surface area contributed by atoms with Gasteiger partial charge in [-0.25, -0.2) is 0 Å². The maximum atomic E-state index is 8.68. The molecule has 0 aliphatic heterocycles. The van der Waals surface area contributed by atoms with Crippen LogP contribution in [0.5, 0.6) is 0 Å². The van der Waals surface area contributed by atoms with Crippen LogP contribution in [0.15, 0.2) is 0 Å². The third kappa shape index (κ3) is 1.98. The van der Waals surface area contributed by atoms with Crippen molar-refractivity contribution in [2.75, 3.05) is 0 Å². The van der Waals surface area contributed by atoms with Crippen molar-refractivity contribution in [1.82, 2.24) is 0 Å². The van der Waals surface area contributed by atoms with Crippen LogP contribution in [-0.2, 0) is 0 Å². The van der Waals surface area contributed by atoms with Gasteiger partial charge in [0.2, 0.25) is 0 Å². The van der Waals surface area contributed by atoms with Crippen molar-refractivity contribution in [2.45, 2.75) is 43.8 Å². The van der Waals surface area contributed by atoms with E-state index in [4.69, 9.17) is 5.26 Å². The molecule has 1 rings (SSSR count). The Morgan fingerprint density at radius 2 is 2.27 bits per heavy atom. The first-order chi connectivity index (χ1) is 5.19. The first-order valence-corrected chi connectivity index (χ1v) is 5.97. The molecule has 0 heterocycles. The summed E-state index contributed by atoms with van der Waals surface area (Å²) in [6.07, 6.45) is 5.32. The Bertz CT molecular complexity index is 173. The summed E-state index contributed by atoms with van der Waals surface area (Å²) in [6.45, 7) is 4.60. The summed E-state index contributed by atoms with van der Waals surface area (Å²) >= 11 is 0.201. The standard InChI is InChI=1S/C9H15NSe/c1-8-5-3-4-6-9(8,2)11-7-10/h8H,3-6H2,1-2H3. The van der Waals surface area contributed by atoms with Gasteiger partial charge in [-0.05, 0) is 0 Å². The summed E-state index contributed by atoms with van der Waals surface area (Å²) in [7, 11) is 0. The maximum absolute atomic E-state index is 8.68. The van der Waals surface area contributed by atoms with Gasteiger partial charge in [-0.2, -0.15) is 0 Å². The van der Waals surface area contributed by atoms with Gasteiger partial charge in [-0.15, -0.1) is 0 Å². The van der Waals surface area contributed by atoms with E-state index in [0.29, 0.717) is 4.31 Å². The van der Waals surface area contributed by atoms with Crippen LogP contribution in [0.25, 0.3) is 0 Å². The fourth-order valence-electron chi connectivity index (χ4n) is 1.73. The minimum absolute atomic E-state index is 0.201.